The van der Waals surface area contributed by atoms with Gasteiger partial charge in [-0.15, -0.1) is 0 Å². The second-order valence-corrected chi connectivity index (χ2v) is 4.83. The van der Waals surface area contributed by atoms with Crippen LogP contribution in [0.3, 0.4) is 0 Å². The SMILES string of the molecule is NC1CCCc2nc(CC3CC3)ncc21. The monoisotopic (exact) mass is 203 g/mol. The van der Waals surface area contributed by atoms with E-state index < -0.39 is 0 Å². The Morgan fingerprint density at radius 2 is 2.20 bits per heavy atom. The van der Waals surface area contributed by atoms with E-state index in [0.29, 0.717) is 0 Å². The minimum atomic E-state index is 0.170. The van der Waals surface area contributed by atoms with Crippen molar-refractivity contribution in [2.75, 3.05) is 0 Å². The quantitative estimate of drug-likeness (QED) is 0.797. The van der Waals surface area contributed by atoms with E-state index >= 15 is 0 Å². The van der Waals surface area contributed by atoms with Gasteiger partial charge in [0.05, 0.1) is 0 Å². The van der Waals surface area contributed by atoms with Crippen molar-refractivity contribution in [3.8, 4) is 0 Å². The van der Waals surface area contributed by atoms with E-state index in [4.69, 9.17) is 5.73 Å². The Kier molecular flexibility index (Phi) is 2.20. The third-order valence-electron chi connectivity index (χ3n) is 3.45. The Balaban J connectivity index is 1.87. The Labute approximate surface area is 90.1 Å². The van der Waals surface area contributed by atoms with Gasteiger partial charge in [0.2, 0.25) is 0 Å². The molecular formula is C12H17N3. The highest BCUT2D eigenvalue weighted by molar-refractivity contribution is 5.24. The lowest BCUT2D eigenvalue weighted by molar-refractivity contribution is 0.551. The van der Waals surface area contributed by atoms with Crippen molar-refractivity contribution in [2.24, 2.45) is 11.7 Å². The fourth-order valence-corrected chi connectivity index (χ4v) is 2.30. The topological polar surface area (TPSA) is 51.8 Å². The van der Waals surface area contributed by atoms with Crippen molar-refractivity contribution in [3.05, 3.63) is 23.3 Å². The molecule has 3 heteroatoms. The maximum atomic E-state index is 6.03. The minimum absolute atomic E-state index is 0.170. The van der Waals surface area contributed by atoms with Crippen LogP contribution in [-0.4, -0.2) is 9.97 Å². The molecule has 3 nitrogen and oxygen atoms in total. The van der Waals surface area contributed by atoms with Gasteiger partial charge in [0.25, 0.3) is 0 Å². The van der Waals surface area contributed by atoms with Gasteiger partial charge in [-0.25, -0.2) is 9.97 Å². The molecule has 0 amide bonds. The van der Waals surface area contributed by atoms with Crippen LogP contribution in [0.5, 0.6) is 0 Å². The molecule has 15 heavy (non-hydrogen) atoms. The van der Waals surface area contributed by atoms with Crippen LogP contribution in [0.4, 0.5) is 0 Å². The zero-order valence-electron chi connectivity index (χ0n) is 8.95. The van der Waals surface area contributed by atoms with E-state index in [9.17, 15) is 0 Å². The Morgan fingerprint density at radius 3 is 3.00 bits per heavy atom. The van der Waals surface area contributed by atoms with E-state index in [0.717, 1.165) is 31.0 Å². The van der Waals surface area contributed by atoms with Gasteiger partial charge < -0.3 is 5.73 Å². The molecule has 1 unspecified atom stereocenters. The van der Waals surface area contributed by atoms with E-state index in [1.807, 2.05) is 6.20 Å². The number of fused-ring (bicyclic) bond motifs is 1. The van der Waals surface area contributed by atoms with Crippen LogP contribution in [0.25, 0.3) is 0 Å². The van der Waals surface area contributed by atoms with Gasteiger partial charge in [0.15, 0.2) is 0 Å². The van der Waals surface area contributed by atoms with E-state index in [1.165, 1.54) is 30.5 Å². The van der Waals surface area contributed by atoms with Crippen molar-refractivity contribution < 1.29 is 0 Å². The van der Waals surface area contributed by atoms with Crippen LogP contribution < -0.4 is 5.73 Å². The molecule has 0 spiro atoms. The third-order valence-corrected chi connectivity index (χ3v) is 3.45. The van der Waals surface area contributed by atoms with Gasteiger partial charge in [-0.1, -0.05) is 0 Å². The molecule has 2 N–H and O–H groups in total. The first-order chi connectivity index (χ1) is 7.33. The first kappa shape index (κ1) is 9.28. The van der Waals surface area contributed by atoms with Crippen LogP contribution in [0.15, 0.2) is 6.20 Å². The van der Waals surface area contributed by atoms with Crippen molar-refractivity contribution in [1.82, 2.24) is 9.97 Å². The Morgan fingerprint density at radius 1 is 1.33 bits per heavy atom. The fourth-order valence-electron chi connectivity index (χ4n) is 2.30. The molecule has 0 aromatic carbocycles. The predicted octanol–water partition coefficient (Wildman–Crippen LogP) is 1.77. The van der Waals surface area contributed by atoms with E-state index in [2.05, 4.69) is 9.97 Å². The molecule has 0 radical (unpaired) electrons. The summed E-state index contributed by atoms with van der Waals surface area (Å²) < 4.78 is 0. The number of nitrogens with zero attached hydrogens (tertiary/aromatic N) is 2. The maximum Gasteiger partial charge on any atom is 0.128 e. The first-order valence-electron chi connectivity index (χ1n) is 5.93. The van der Waals surface area contributed by atoms with Crippen LogP contribution >= 0.6 is 0 Å². The second kappa shape index (κ2) is 3.56. The van der Waals surface area contributed by atoms with Crippen molar-refractivity contribution in [1.29, 1.82) is 0 Å². The molecule has 1 aromatic rings. The summed E-state index contributed by atoms with van der Waals surface area (Å²) in [5.41, 5.74) is 8.42. The lowest BCUT2D eigenvalue weighted by atomic mass is 9.93. The number of nitrogens with two attached hydrogens (primary N) is 1. The van der Waals surface area contributed by atoms with Gasteiger partial charge in [-0.05, 0) is 38.0 Å². The molecule has 0 aliphatic heterocycles. The maximum absolute atomic E-state index is 6.03. The predicted molar refractivity (Wildman–Crippen MR) is 58.3 cm³/mol. The summed E-state index contributed by atoms with van der Waals surface area (Å²) in [5.74, 6) is 1.89. The van der Waals surface area contributed by atoms with E-state index in [1.54, 1.807) is 0 Å². The van der Waals surface area contributed by atoms with Crippen LogP contribution in [0.1, 0.15) is 48.8 Å². The molecule has 0 saturated heterocycles. The Bertz CT molecular complexity index is 371. The van der Waals surface area contributed by atoms with Gasteiger partial charge in [-0.2, -0.15) is 0 Å². The fraction of sp³-hybridized carbons (Fsp3) is 0.667. The largest absolute Gasteiger partial charge is 0.324 e. The van der Waals surface area contributed by atoms with Crippen LogP contribution in [0, 0.1) is 5.92 Å². The summed E-state index contributed by atoms with van der Waals surface area (Å²) in [7, 11) is 0. The molecule has 0 bridgehead atoms. The zero-order chi connectivity index (χ0) is 10.3. The van der Waals surface area contributed by atoms with Crippen LogP contribution in [-0.2, 0) is 12.8 Å². The average Bonchev–Trinajstić information content (AvgIpc) is 3.02. The summed E-state index contributed by atoms with van der Waals surface area (Å²) in [5, 5.41) is 0. The molecular weight excluding hydrogens is 186 g/mol. The van der Waals surface area contributed by atoms with Gasteiger partial charge in [0.1, 0.15) is 5.82 Å². The highest BCUT2D eigenvalue weighted by Crippen LogP contribution is 2.32. The summed E-state index contributed by atoms with van der Waals surface area (Å²) in [6, 6.07) is 0.170. The number of hydrogen-bond acceptors (Lipinski definition) is 3. The molecule has 1 atom stereocenters. The van der Waals surface area contributed by atoms with Gasteiger partial charge in [0, 0.05) is 29.9 Å². The number of hydrogen-bond donors (Lipinski definition) is 1. The van der Waals surface area contributed by atoms with Crippen LogP contribution in [0.2, 0.25) is 0 Å². The molecule has 1 aromatic heterocycles. The van der Waals surface area contributed by atoms with E-state index in [-0.39, 0.29) is 6.04 Å². The molecule has 1 saturated carbocycles. The molecule has 3 rings (SSSR count). The normalized spacial score (nSPS) is 25.0. The second-order valence-electron chi connectivity index (χ2n) is 4.83. The highest BCUT2D eigenvalue weighted by Gasteiger charge is 2.24. The number of rotatable bonds is 2. The van der Waals surface area contributed by atoms with Gasteiger partial charge >= 0.3 is 0 Å². The first-order valence-corrected chi connectivity index (χ1v) is 5.93. The van der Waals surface area contributed by atoms with Crippen molar-refractivity contribution in [3.63, 3.8) is 0 Å². The highest BCUT2D eigenvalue weighted by atomic mass is 14.9. The summed E-state index contributed by atoms with van der Waals surface area (Å²) in [6.07, 6.45) is 9.10. The molecule has 1 heterocycles. The van der Waals surface area contributed by atoms with Gasteiger partial charge in [-0.3, -0.25) is 0 Å². The lowest BCUT2D eigenvalue weighted by Gasteiger charge is -2.20. The summed E-state index contributed by atoms with van der Waals surface area (Å²) >= 11 is 0. The van der Waals surface area contributed by atoms with Crippen molar-refractivity contribution in [2.45, 2.75) is 44.6 Å². The minimum Gasteiger partial charge on any atom is -0.324 e. The number of aromatic nitrogens is 2. The lowest BCUT2D eigenvalue weighted by Crippen LogP contribution is -2.19. The van der Waals surface area contributed by atoms with Crippen molar-refractivity contribution >= 4 is 0 Å². The zero-order valence-corrected chi connectivity index (χ0v) is 8.95. The molecule has 2 aliphatic rings. The standard InChI is InChI=1S/C12H17N3/c13-10-2-1-3-11-9(10)7-14-12(15-11)6-8-4-5-8/h7-8,10H,1-6,13H2. The molecule has 80 valence electrons. The molecule has 2 aliphatic carbocycles. The average molecular weight is 203 g/mol. The smallest absolute Gasteiger partial charge is 0.128 e. The third kappa shape index (κ3) is 1.88. The summed E-state index contributed by atoms with van der Waals surface area (Å²) in [4.78, 5) is 9.08. The Hall–Kier alpha value is -0.960. The summed E-state index contributed by atoms with van der Waals surface area (Å²) in [6.45, 7) is 0. The molecule has 1 fully saturated rings. The number of aryl methyl sites for hydroxylation is 1.